The lowest BCUT2D eigenvalue weighted by Crippen LogP contribution is -2.40. The fourth-order valence-electron chi connectivity index (χ4n) is 3.55. The molecular formula is C22H21BrN2OS. The Bertz CT molecular complexity index is 871. The number of benzene rings is 2. The maximum atomic E-state index is 13.2. The molecule has 0 aromatic heterocycles. The zero-order chi connectivity index (χ0) is 18.6. The molecule has 0 bridgehead atoms. The molecule has 27 heavy (non-hydrogen) atoms. The molecule has 0 spiro atoms. The molecule has 2 aliphatic rings. The molecule has 1 amide bonds. The minimum Gasteiger partial charge on any atom is -0.283 e. The summed E-state index contributed by atoms with van der Waals surface area (Å²) in [4.78, 5) is 20.7. The number of para-hydroxylation sites is 1. The van der Waals surface area contributed by atoms with Gasteiger partial charge in [0.15, 0.2) is 5.17 Å². The van der Waals surface area contributed by atoms with Crippen molar-refractivity contribution in [2.75, 3.05) is 0 Å². The number of amides is 1. The number of amidine groups is 1. The minimum atomic E-state index is 0.0875. The van der Waals surface area contributed by atoms with Gasteiger partial charge in [-0.05, 0) is 60.5 Å². The van der Waals surface area contributed by atoms with Crippen LogP contribution < -0.4 is 0 Å². The highest BCUT2D eigenvalue weighted by Crippen LogP contribution is 2.38. The SMILES string of the molecule is O=C1/C(=C/c2ccc(Br)cc2)SC(=Nc2ccccc2)N1C1CCCCC1. The van der Waals surface area contributed by atoms with Crippen LogP contribution in [0.5, 0.6) is 0 Å². The molecule has 2 fully saturated rings. The van der Waals surface area contributed by atoms with Crippen molar-refractivity contribution in [1.29, 1.82) is 0 Å². The molecule has 0 radical (unpaired) electrons. The van der Waals surface area contributed by atoms with Crippen LogP contribution in [0.1, 0.15) is 37.7 Å². The molecule has 4 rings (SSSR count). The molecule has 1 saturated heterocycles. The zero-order valence-electron chi connectivity index (χ0n) is 15.0. The van der Waals surface area contributed by atoms with E-state index in [0.717, 1.165) is 38.6 Å². The van der Waals surface area contributed by atoms with E-state index in [9.17, 15) is 4.79 Å². The van der Waals surface area contributed by atoms with Crippen LogP contribution in [0.15, 0.2) is 69.0 Å². The van der Waals surface area contributed by atoms with Crippen LogP contribution in [0.4, 0.5) is 5.69 Å². The number of hydrogen-bond donors (Lipinski definition) is 0. The van der Waals surface area contributed by atoms with Gasteiger partial charge in [0, 0.05) is 10.5 Å². The molecule has 2 aromatic rings. The van der Waals surface area contributed by atoms with Crippen LogP contribution in [0.25, 0.3) is 6.08 Å². The minimum absolute atomic E-state index is 0.0875. The first-order valence-corrected chi connectivity index (χ1v) is 10.9. The highest BCUT2D eigenvalue weighted by Gasteiger charge is 2.38. The molecule has 0 atom stereocenters. The molecular weight excluding hydrogens is 420 g/mol. The second-order valence-corrected chi connectivity index (χ2v) is 8.78. The monoisotopic (exact) mass is 440 g/mol. The van der Waals surface area contributed by atoms with Crippen molar-refractivity contribution in [2.45, 2.75) is 38.1 Å². The lowest BCUT2D eigenvalue weighted by Gasteiger charge is -2.30. The van der Waals surface area contributed by atoms with Crippen molar-refractivity contribution in [3.05, 3.63) is 69.5 Å². The Morgan fingerprint density at radius 3 is 2.41 bits per heavy atom. The molecule has 138 valence electrons. The molecule has 3 nitrogen and oxygen atoms in total. The quantitative estimate of drug-likeness (QED) is 0.518. The van der Waals surface area contributed by atoms with Gasteiger partial charge in [-0.15, -0.1) is 0 Å². The Morgan fingerprint density at radius 1 is 1.00 bits per heavy atom. The summed E-state index contributed by atoms with van der Waals surface area (Å²) in [5.74, 6) is 0.0875. The maximum absolute atomic E-state index is 13.2. The second-order valence-electron chi connectivity index (χ2n) is 6.86. The summed E-state index contributed by atoms with van der Waals surface area (Å²) in [5.41, 5.74) is 1.91. The van der Waals surface area contributed by atoms with Crippen LogP contribution in [0, 0.1) is 0 Å². The fourth-order valence-corrected chi connectivity index (χ4v) is 4.87. The largest absolute Gasteiger partial charge is 0.283 e. The van der Waals surface area contributed by atoms with Crippen molar-refractivity contribution in [3.63, 3.8) is 0 Å². The standard InChI is InChI=1S/C22H21BrN2OS/c23-17-13-11-16(12-14-17)15-20-21(26)25(19-9-5-2-6-10-19)22(27-20)24-18-7-3-1-4-8-18/h1,3-4,7-8,11-15,19H,2,5-6,9-10H2/b20-15-,24-22?. The van der Waals surface area contributed by atoms with E-state index in [1.54, 1.807) is 0 Å². The van der Waals surface area contributed by atoms with E-state index in [1.807, 2.05) is 65.6 Å². The van der Waals surface area contributed by atoms with Gasteiger partial charge in [-0.25, -0.2) is 4.99 Å². The summed E-state index contributed by atoms with van der Waals surface area (Å²) in [7, 11) is 0. The van der Waals surface area contributed by atoms with E-state index in [1.165, 1.54) is 31.0 Å². The lowest BCUT2D eigenvalue weighted by atomic mass is 9.94. The van der Waals surface area contributed by atoms with Gasteiger partial charge >= 0.3 is 0 Å². The molecule has 0 N–H and O–H groups in total. The third-order valence-corrected chi connectivity index (χ3v) is 6.44. The zero-order valence-corrected chi connectivity index (χ0v) is 17.4. The van der Waals surface area contributed by atoms with Crippen LogP contribution >= 0.6 is 27.7 Å². The van der Waals surface area contributed by atoms with Gasteiger partial charge in [0.2, 0.25) is 0 Å². The average molecular weight is 441 g/mol. The van der Waals surface area contributed by atoms with Crippen molar-refractivity contribution in [3.8, 4) is 0 Å². The molecule has 1 saturated carbocycles. The van der Waals surface area contributed by atoms with Crippen molar-refractivity contribution >= 4 is 50.5 Å². The van der Waals surface area contributed by atoms with Gasteiger partial charge in [-0.1, -0.05) is 65.5 Å². The number of carbonyl (C=O) groups excluding carboxylic acids is 1. The number of thioether (sulfide) groups is 1. The highest BCUT2D eigenvalue weighted by molar-refractivity contribution is 9.10. The first kappa shape index (κ1) is 18.5. The Labute approximate surface area is 172 Å². The van der Waals surface area contributed by atoms with Gasteiger partial charge < -0.3 is 0 Å². The fraction of sp³-hybridized carbons (Fsp3) is 0.273. The lowest BCUT2D eigenvalue weighted by molar-refractivity contribution is -0.124. The van der Waals surface area contributed by atoms with E-state index in [2.05, 4.69) is 15.9 Å². The highest BCUT2D eigenvalue weighted by atomic mass is 79.9. The Balaban J connectivity index is 1.68. The molecule has 1 aliphatic carbocycles. The number of hydrogen-bond acceptors (Lipinski definition) is 3. The van der Waals surface area contributed by atoms with E-state index in [-0.39, 0.29) is 11.9 Å². The first-order chi connectivity index (χ1) is 13.2. The predicted molar refractivity (Wildman–Crippen MR) is 117 cm³/mol. The van der Waals surface area contributed by atoms with Crippen molar-refractivity contribution in [2.24, 2.45) is 4.99 Å². The number of carbonyl (C=O) groups is 1. The van der Waals surface area contributed by atoms with Crippen molar-refractivity contribution < 1.29 is 4.79 Å². The van der Waals surface area contributed by atoms with E-state index >= 15 is 0 Å². The van der Waals surface area contributed by atoms with Gasteiger partial charge in [-0.2, -0.15) is 0 Å². The summed E-state index contributed by atoms with van der Waals surface area (Å²) in [6.45, 7) is 0. The smallest absolute Gasteiger partial charge is 0.267 e. The van der Waals surface area contributed by atoms with E-state index in [0.29, 0.717) is 0 Å². The van der Waals surface area contributed by atoms with E-state index in [4.69, 9.17) is 4.99 Å². The van der Waals surface area contributed by atoms with E-state index < -0.39 is 0 Å². The molecule has 1 heterocycles. The van der Waals surface area contributed by atoms with Gasteiger partial charge in [0.1, 0.15) is 0 Å². The van der Waals surface area contributed by atoms with Crippen LogP contribution in [0.2, 0.25) is 0 Å². The summed E-state index contributed by atoms with van der Waals surface area (Å²) in [6.07, 6.45) is 7.73. The predicted octanol–water partition coefficient (Wildman–Crippen LogP) is 6.39. The Kier molecular flexibility index (Phi) is 5.79. The van der Waals surface area contributed by atoms with Crippen LogP contribution in [-0.4, -0.2) is 22.0 Å². The number of nitrogens with zero attached hydrogens (tertiary/aromatic N) is 2. The summed E-state index contributed by atoms with van der Waals surface area (Å²) < 4.78 is 1.03. The summed E-state index contributed by atoms with van der Waals surface area (Å²) >= 11 is 4.95. The first-order valence-electron chi connectivity index (χ1n) is 9.33. The molecule has 1 aliphatic heterocycles. The van der Waals surface area contributed by atoms with Gasteiger partial charge in [-0.3, -0.25) is 9.69 Å². The van der Waals surface area contributed by atoms with Gasteiger partial charge in [0.25, 0.3) is 5.91 Å². The Morgan fingerprint density at radius 2 is 1.70 bits per heavy atom. The number of rotatable bonds is 3. The van der Waals surface area contributed by atoms with Crippen LogP contribution in [-0.2, 0) is 4.79 Å². The number of aliphatic imine (C=N–C) groups is 1. The van der Waals surface area contributed by atoms with Crippen LogP contribution in [0.3, 0.4) is 0 Å². The summed E-state index contributed by atoms with van der Waals surface area (Å²) in [5, 5.41) is 0.807. The maximum Gasteiger partial charge on any atom is 0.267 e. The number of halogens is 1. The normalized spacial score (nSPS) is 21.4. The third kappa shape index (κ3) is 4.36. The molecule has 5 heteroatoms. The molecule has 0 unspecified atom stereocenters. The van der Waals surface area contributed by atoms with Gasteiger partial charge in [0.05, 0.1) is 10.6 Å². The second kappa shape index (κ2) is 8.44. The molecule has 2 aromatic carbocycles. The topological polar surface area (TPSA) is 32.7 Å². The summed E-state index contributed by atoms with van der Waals surface area (Å²) in [6, 6.07) is 18.2. The Hall–Kier alpha value is -1.85. The average Bonchev–Trinajstić information content (AvgIpc) is 3.00. The third-order valence-electron chi connectivity index (χ3n) is 4.93. The van der Waals surface area contributed by atoms with Crippen molar-refractivity contribution in [1.82, 2.24) is 4.90 Å².